The molecule has 0 aliphatic heterocycles. The van der Waals surface area contributed by atoms with E-state index < -0.39 is 0 Å². The predicted molar refractivity (Wildman–Crippen MR) is 114 cm³/mol. The van der Waals surface area contributed by atoms with Crippen molar-refractivity contribution >= 4 is 28.9 Å². The molecule has 28 heavy (non-hydrogen) atoms. The average Bonchev–Trinajstić information content (AvgIpc) is 2.71. The van der Waals surface area contributed by atoms with Gasteiger partial charge in [0, 0.05) is 12.2 Å². The van der Waals surface area contributed by atoms with Gasteiger partial charge in [0.15, 0.2) is 5.11 Å². The van der Waals surface area contributed by atoms with Crippen LogP contribution in [0.15, 0.2) is 48.5 Å². The van der Waals surface area contributed by atoms with Crippen LogP contribution in [0.3, 0.4) is 0 Å². The van der Waals surface area contributed by atoms with Crippen molar-refractivity contribution in [3.63, 3.8) is 0 Å². The molecule has 0 heterocycles. The first-order valence-electron chi connectivity index (χ1n) is 9.28. The van der Waals surface area contributed by atoms with Gasteiger partial charge in [-0.1, -0.05) is 25.1 Å². The number of nitrogens with one attached hydrogen (secondary N) is 2. The van der Waals surface area contributed by atoms with Gasteiger partial charge in [0.05, 0.1) is 18.9 Å². The minimum absolute atomic E-state index is 0.186. The summed E-state index contributed by atoms with van der Waals surface area (Å²) < 4.78 is 16.5. The number of carbonyl (C=O) groups excluding carboxylic acids is 1. The molecule has 0 fully saturated rings. The van der Waals surface area contributed by atoms with Crippen molar-refractivity contribution in [1.82, 2.24) is 5.32 Å². The van der Waals surface area contributed by atoms with Gasteiger partial charge in [-0.05, 0) is 55.9 Å². The third-order valence-electron chi connectivity index (χ3n) is 3.62. The van der Waals surface area contributed by atoms with Crippen molar-refractivity contribution in [3.8, 4) is 11.5 Å². The fraction of sp³-hybridized carbons (Fsp3) is 0.333. The molecule has 0 bridgehead atoms. The summed E-state index contributed by atoms with van der Waals surface area (Å²) in [5, 5.41) is 5.87. The zero-order chi connectivity index (χ0) is 20.2. The number of ether oxygens (including phenoxy) is 3. The summed E-state index contributed by atoms with van der Waals surface area (Å²) in [5.74, 6) is 0.976. The van der Waals surface area contributed by atoms with Crippen LogP contribution in [0.1, 0.15) is 30.6 Å². The molecule has 0 radical (unpaired) electrons. The summed E-state index contributed by atoms with van der Waals surface area (Å²) >= 11 is 5.27. The number of hydrogen-bond donors (Lipinski definition) is 2. The Balaban J connectivity index is 1.94. The van der Waals surface area contributed by atoms with E-state index in [2.05, 4.69) is 10.6 Å². The highest BCUT2D eigenvalue weighted by Crippen LogP contribution is 2.23. The number of benzene rings is 2. The van der Waals surface area contributed by atoms with Crippen LogP contribution in [0, 0.1) is 0 Å². The summed E-state index contributed by atoms with van der Waals surface area (Å²) in [6, 6.07) is 14.4. The van der Waals surface area contributed by atoms with Gasteiger partial charge < -0.3 is 19.5 Å². The maximum atomic E-state index is 12.5. The fourth-order valence-corrected chi connectivity index (χ4v) is 2.53. The molecule has 0 saturated carbocycles. The maximum absolute atomic E-state index is 12.5. The van der Waals surface area contributed by atoms with Gasteiger partial charge in [0.25, 0.3) is 5.91 Å². The van der Waals surface area contributed by atoms with Crippen LogP contribution in [0.2, 0.25) is 0 Å². The molecule has 2 rings (SSSR count). The molecular weight excluding hydrogens is 376 g/mol. The minimum atomic E-state index is -0.311. The molecule has 1 amide bonds. The standard InChI is InChI=1S/C21H26N2O4S/c1-3-12-26-17-9-7-8-16(15-17)20(24)23-21(28)22-18-10-5-6-11-19(18)27-14-13-25-4-2/h5-11,15H,3-4,12-14H2,1-2H3,(H2,22,23,24,28). The molecule has 7 heteroatoms. The first-order valence-corrected chi connectivity index (χ1v) is 9.69. The van der Waals surface area contributed by atoms with E-state index in [4.69, 9.17) is 26.4 Å². The number of para-hydroxylation sites is 2. The highest BCUT2D eigenvalue weighted by molar-refractivity contribution is 7.80. The second-order valence-corrected chi connectivity index (χ2v) is 6.23. The number of carbonyl (C=O) groups is 1. The first-order chi connectivity index (χ1) is 13.6. The summed E-state index contributed by atoms with van der Waals surface area (Å²) in [4.78, 5) is 12.5. The van der Waals surface area contributed by atoms with Crippen LogP contribution in [-0.2, 0) is 4.74 Å². The van der Waals surface area contributed by atoms with E-state index in [-0.39, 0.29) is 11.0 Å². The lowest BCUT2D eigenvalue weighted by atomic mass is 10.2. The van der Waals surface area contributed by atoms with Crippen LogP contribution in [0.25, 0.3) is 0 Å². The third-order valence-corrected chi connectivity index (χ3v) is 3.82. The Kier molecular flexibility index (Phi) is 9.24. The number of hydrogen-bond acceptors (Lipinski definition) is 5. The van der Waals surface area contributed by atoms with Crippen molar-refractivity contribution in [3.05, 3.63) is 54.1 Å². The Morgan fingerprint density at radius 1 is 1.00 bits per heavy atom. The molecule has 0 atom stereocenters. The molecule has 2 aromatic rings. The van der Waals surface area contributed by atoms with E-state index in [1.54, 1.807) is 18.2 Å². The van der Waals surface area contributed by atoms with Crippen LogP contribution < -0.4 is 20.1 Å². The largest absolute Gasteiger partial charge is 0.494 e. The van der Waals surface area contributed by atoms with Crippen LogP contribution in [-0.4, -0.2) is 37.4 Å². The lowest BCUT2D eigenvalue weighted by Crippen LogP contribution is -2.34. The smallest absolute Gasteiger partial charge is 0.257 e. The summed E-state index contributed by atoms with van der Waals surface area (Å²) in [7, 11) is 0. The molecule has 0 aliphatic rings. The van der Waals surface area contributed by atoms with Crippen LogP contribution in [0.4, 0.5) is 5.69 Å². The van der Waals surface area contributed by atoms with Gasteiger partial charge in [0.1, 0.15) is 18.1 Å². The van der Waals surface area contributed by atoms with Gasteiger partial charge in [-0.15, -0.1) is 0 Å². The highest BCUT2D eigenvalue weighted by Gasteiger charge is 2.11. The SMILES string of the molecule is CCCOc1cccc(C(=O)NC(=S)Nc2ccccc2OCCOCC)c1. The van der Waals surface area contributed by atoms with Gasteiger partial charge in [0.2, 0.25) is 0 Å². The second-order valence-electron chi connectivity index (χ2n) is 5.83. The molecule has 2 aromatic carbocycles. The summed E-state index contributed by atoms with van der Waals surface area (Å²) in [6.07, 6.45) is 0.899. The predicted octanol–water partition coefficient (Wildman–Crippen LogP) is 4.02. The van der Waals surface area contributed by atoms with Crippen LogP contribution in [0.5, 0.6) is 11.5 Å². The van der Waals surface area contributed by atoms with Crippen molar-refractivity contribution in [2.24, 2.45) is 0 Å². The molecule has 150 valence electrons. The van der Waals surface area contributed by atoms with E-state index in [9.17, 15) is 4.79 Å². The molecule has 0 aliphatic carbocycles. The number of rotatable bonds is 10. The molecule has 0 aromatic heterocycles. The molecule has 6 nitrogen and oxygen atoms in total. The van der Waals surface area contributed by atoms with E-state index in [0.717, 1.165) is 6.42 Å². The normalized spacial score (nSPS) is 10.2. The van der Waals surface area contributed by atoms with E-state index in [1.807, 2.05) is 44.2 Å². The zero-order valence-electron chi connectivity index (χ0n) is 16.2. The second kappa shape index (κ2) is 11.9. The van der Waals surface area contributed by atoms with Gasteiger partial charge >= 0.3 is 0 Å². The van der Waals surface area contributed by atoms with Gasteiger partial charge in [-0.2, -0.15) is 0 Å². The van der Waals surface area contributed by atoms with E-state index >= 15 is 0 Å². The van der Waals surface area contributed by atoms with Gasteiger partial charge in [-0.25, -0.2) is 0 Å². The Morgan fingerprint density at radius 2 is 1.82 bits per heavy atom. The Labute approximate surface area is 171 Å². The summed E-state index contributed by atoms with van der Waals surface area (Å²) in [5.41, 5.74) is 1.14. The Morgan fingerprint density at radius 3 is 2.61 bits per heavy atom. The first kappa shape index (κ1) is 21.7. The monoisotopic (exact) mass is 402 g/mol. The molecular formula is C21H26N2O4S. The van der Waals surface area contributed by atoms with Crippen molar-refractivity contribution in [2.75, 3.05) is 31.7 Å². The number of thiocarbonyl (C=S) groups is 1. The van der Waals surface area contributed by atoms with E-state index in [0.29, 0.717) is 49.2 Å². The highest BCUT2D eigenvalue weighted by atomic mass is 32.1. The summed E-state index contributed by atoms with van der Waals surface area (Å²) in [6.45, 7) is 6.13. The Hall–Kier alpha value is -2.64. The lowest BCUT2D eigenvalue weighted by Gasteiger charge is -2.14. The topological polar surface area (TPSA) is 68.8 Å². The van der Waals surface area contributed by atoms with Gasteiger partial charge in [-0.3, -0.25) is 10.1 Å². The van der Waals surface area contributed by atoms with Crippen molar-refractivity contribution < 1.29 is 19.0 Å². The van der Waals surface area contributed by atoms with Crippen molar-refractivity contribution in [2.45, 2.75) is 20.3 Å². The quantitative estimate of drug-likeness (QED) is 0.462. The van der Waals surface area contributed by atoms with Crippen molar-refractivity contribution in [1.29, 1.82) is 0 Å². The Bertz CT molecular complexity index is 783. The molecule has 0 spiro atoms. The average molecular weight is 403 g/mol. The van der Waals surface area contributed by atoms with Crippen LogP contribution >= 0.6 is 12.2 Å². The third kappa shape index (κ3) is 7.17. The number of amides is 1. The zero-order valence-corrected chi connectivity index (χ0v) is 17.0. The molecule has 0 unspecified atom stereocenters. The van der Waals surface area contributed by atoms with E-state index in [1.165, 1.54) is 0 Å². The lowest BCUT2D eigenvalue weighted by molar-refractivity contribution is 0.0977. The fourth-order valence-electron chi connectivity index (χ4n) is 2.33. The number of anilines is 1. The maximum Gasteiger partial charge on any atom is 0.257 e. The molecule has 0 saturated heterocycles. The minimum Gasteiger partial charge on any atom is -0.494 e. The molecule has 2 N–H and O–H groups in total.